The fraction of sp³-hybridized carbons (Fsp3) is 0.412. The molecule has 3 rings (SSSR count). The molecule has 1 aromatic heterocycles. The average Bonchev–Trinajstić information content (AvgIpc) is 2.96. The van der Waals surface area contributed by atoms with Crippen molar-refractivity contribution in [2.75, 3.05) is 18.4 Å². The lowest BCUT2D eigenvalue weighted by molar-refractivity contribution is -0.120. The average molecular weight is 384 g/mol. The van der Waals surface area contributed by atoms with Crippen molar-refractivity contribution in [3.05, 3.63) is 34.8 Å². The Hall–Kier alpha value is -1.08. The maximum absolute atomic E-state index is 12.3. The molecule has 1 fully saturated rings. The minimum atomic E-state index is 0. The minimum absolute atomic E-state index is 0. The van der Waals surface area contributed by atoms with Gasteiger partial charge in [0.1, 0.15) is 0 Å². The molecular formula is C17H22ClN3OS2. The predicted molar refractivity (Wildman–Crippen MR) is 104 cm³/mol. The van der Waals surface area contributed by atoms with E-state index < -0.39 is 0 Å². The molecule has 24 heavy (non-hydrogen) atoms. The topological polar surface area (TPSA) is 54.0 Å². The summed E-state index contributed by atoms with van der Waals surface area (Å²) in [5.74, 6) is 0.272. The van der Waals surface area contributed by atoms with Crippen molar-refractivity contribution < 1.29 is 4.79 Å². The van der Waals surface area contributed by atoms with Crippen molar-refractivity contribution in [3.8, 4) is 0 Å². The normalized spacial score (nSPS) is 14.9. The predicted octanol–water partition coefficient (Wildman–Crippen LogP) is 4.27. The molecule has 1 aliphatic heterocycles. The van der Waals surface area contributed by atoms with Crippen molar-refractivity contribution in [2.24, 2.45) is 5.92 Å². The van der Waals surface area contributed by atoms with E-state index >= 15 is 0 Å². The first-order valence-electron chi connectivity index (χ1n) is 7.84. The van der Waals surface area contributed by atoms with Gasteiger partial charge in [-0.1, -0.05) is 11.8 Å². The van der Waals surface area contributed by atoms with Crippen LogP contribution < -0.4 is 10.6 Å². The molecular weight excluding hydrogens is 362 g/mol. The van der Waals surface area contributed by atoms with Crippen LogP contribution in [-0.4, -0.2) is 24.0 Å². The van der Waals surface area contributed by atoms with Crippen LogP contribution in [0.25, 0.3) is 0 Å². The number of benzene rings is 1. The summed E-state index contributed by atoms with van der Waals surface area (Å²) in [4.78, 5) is 18.0. The highest BCUT2D eigenvalue weighted by Crippen LogP contribution is 2.32. The lowest BCUT2D eigenvalue weighted by atomic mass is 9.97. The van der Waals surface area contributed by atoms with Crippen LogP contribution in [0.2, 0.25) is 0 Å². The summed E-state index contributed by atoms with van der Waals surface area (Å²) >= 11 is 3.32. The lowest BCUT2D eigenvalue weighted by Crippen LogP contribution is -2.34. The van der Waals surface area contributed by atoms with E-state index in [2.05, 4.69) is 27.1 Å². The van der Waals surface area contributed by atoms with Crippen molar-refractivity contribution in [1.82, 2.24) is 10.3 Å². The van der Waals surface area contributed by atoms with E-state index in [9.17, 15) is 4.79 Å². The second-order valence-electron chi connectivity index (χ2n) is 5.85. The van der Waals surface area contributed by atoms with Gasteiger partial charge in [0, 0.05) is 27.6 Å². The molecule has 0 spiro atoms. The van der Waals surface area contributed by atoms with Gasteiger partial charge < -0.3 is 10.6 Å². The maximum Gasteiger partial charge on any atom is 0.227 e. The molecule has 2 N–H and O–H groups in total. The van der Waals surface area contributed by atoms with Crippen LogP contribution in [0.3, 0.4) is 0 Å². The Morgan fingerprint density at radius 2 is 2.08 bits per heavy atom. The maximum atomic E-state index is 12.3. The van der Waals surface area contributed by atoms with E-state index in [0.717, 1.165) is 52.1 Å². The number of nitrogens with zero attached hydrogens (tertiary/aromatic N) is 1. The van der Waals surface area contributed by atoms with E-state index in [-0.39, 0.29) is 24.2 Å². The summed E-state index contributed by atoms with van der Waals surface area (Å²) in [7, 11) is 0. The fourth-order valence-corrected chi connectivity index (χ4v) is 4.55. The van der Waals surface area contributed by atoms with E-state index in [4.69, 9.17) is 0 Å². The number of amides is 1. The van der Waals surface area contributed by atoms with E-state index in [0.29, 0.717) is 0 Å². The second-order valence-corrected chi connectivity index (χ2v) is 8.03. The van der Waals surface area contributed by atoms with Crippen molar-refractivity contribution in [3.63, 3.8) is 0 Å². The van der Waals surface area contributed by atoms with Crippen LogP contribution >= 0.6 is 35.5 Å². The number of carbonyl (C=O) groups is 1. The Kier molecular flexibility index (Phi) is 7.10. The molecule has 0 saturated carbocycles. The first-order valence-corrected chi connectivity index (χ1v) is 9.53. The van der Waals surface area contributed by atoms with Crippen LogP contribution in [0.1, 0.15) is 24.1 Å². The zero-order valence-corrected chi connectivity index (χ0v) is 16.2. The van der Waals surface area contributed by atoms with E-state index in [1.165, 1.54) is 0 Å². The largest absolute Gasteiger partial charge is 0.326 e. The van der Waals surface area contributed by atoms with Gasteiger partial charge in [-0.3, -0.25) is 4.79 Å². The third kappa shape index (κ3) is 4.96. The third-order valence-electron chi connectivity index (χ3n) is 3.97. The minimum Gasteiger partial charge on any atom is -0.326 e. The van der Waals surface area contributed by atoms with E-state index in [1.807, 2.05) is 26.0 Å². The number of aryl methyl sites for hydroxylation is 2. The van der Waals surface area contributed by atoms with Crippen LogP contribution in [0.5, 0.6) is 0 Å². The molecule has 4 nitrogen and oxygen atoms in total. The number of carbonyl (C=O) groups excluding carboxylic acids is 1. The van der Waals surface area contributed by atoms with Gasteiger partial charge in [0.25, 0.3) is 0 Å². The molecule has 2 heterocycles. The monoisotopic (exact) mass is 383 g/mol. The summed E-state index contributed by atoms with van der Waals surface area (Å²) < 4.78 is 1.05. The van der Waals surface area contributed by atoms with Gasteiger partial charge in [0.2, 0.25) is 5.91 Å². The number of halogens is 1. The number of piperidine rings is 1. The number of nitrogens with one attached hydrogen (secondary N) is 2. The number of thiazole rings is 1. The first kappa shape index (κ1) is 19.2. The molecule has 1 aliphatic rings. The number of aromatic nitrogens is 1. The van der Waals surface area contributed by atoms with Gasteiger partial charge in [-0.05, 0) is 63.5 Å². The highest BCUT2D eigenvalue weighted by Gasteiger charge is 2.21. The molecule has 0 bridgehead atoms. The van der Waals surface area contributed by atoms with Crippen LogP contribution in [0, 0.1) is 19.8 Å². The van der Waals surface area contributed by atoms with Crippen LogP contribution in [0.15, 0.2) is 32.8 Å². The van der Waals surface area contributed by atoms with E-state index in [1.54, 1.807) is 23.1 Å². The molecule has 1 amide bonds. The Labute approximate surface area is 157 Å². The fourth-order valence-electron chi connectivity index (χ4n) is 2.64. The zero-order chi connectivity index (χ0) is 16.2. The molecule has 1 saturated heterocycles. The first-order chi connectivity index (χ1) is 11.1. The van der Waals surface area contributed by atoms with Gasteiger partial charge in [-0.25, -0.2) is 4.98 Å². The zero-order valence-electron chi connectivity index (χ0n) is 13.8. The standard InChI is InChI=1S/C17H21N3OS2.ClH/c1-11-9-14(23-17-19-12(2)10-22-17)3-4-15(11)20-16(21)13-5-7-18-8-6-13;/h3-4,9-10,13,18H,5-8H2,1-2H3,(H,20,21);1H. The smallest absolute Gasteiger partial charge is 0.227 e. The molecule has 0 unspecified atom stereocenters. The lowest BCUT2D eigenvalue weighted by Gasteiger charge is -2.22. The molecule has 1 aromatic carbocycles. The van der Waals surface area contributed by atoms with Gasteiger partial charge >= 0.3 is 0 Å². The molecule has 0 radical (unpaired) electrons. The highest BCUT2D eigenvalue weighted by molar-refractivity contribution is 8.01. The molecule has 7 heteroatoms. The second kappa shape index (κ2) is 8.85. The SMILES string of the molecule is Cc1csc(Sc2ccc(NC(=O)C3CCNCC3)c(C)c2)n1.Cl. The number of hydrogen-bond donors (Lipinski definition) is 2. The van der Waals surface area contributed by atoms with Gasteiger partial charge in [0.05, 0.1) is 0 Å². The summed E-state index contributed by atoms with van der Waals surface area (Å²) in [5, 5.41) is 8.43. The number of hydrogen-bond acceptors (Lipinski definition) is 5. The van der Waals surface area contributed by atoms with Crippen molar-refractivity contribution in [1.29, 1.82) is 0 Å². The van der Waals surface area contributed by atoms with Crippen LogP contribution in [0.4, 0.5) is 5.69 Å². The van der Waals surface area contributed by atoms with Gasteiger partial charge in [-0.2, -0.15) is 0 Å². The Morgan fingerprint density at radius 3 is 2.71 bits per heavy atom. The van der Waals surface area contributed by atoms with Crippen LogP contribution in [-0.2, 0) is 4.79 Å². The highest BCUT2D eigenvalue weighted by atomic mass is 35.5. The number of rotatable bonds is 4. The summed E-state index contributed by atoms with van der Waals surface area (Å²) in [5.41, 5.74) is 3.05. The Balaban J connectivity index is 0.00000208. The molecule has 0 aliphatic carbocycles. The molecule has 0 atom stereocenters. The summed E-state index contributed by atoms with van der Waals surface area (Å²) in [6.45, 7) is 5.90. The summed E-state index contributed by atoms with van der Waals surface area (Å²) in [6, 6.07) is 6.16. The van der Waals surface area contributed by atoms with Crippen molar-refractivity contribution >= 4 is 47.1 Å². The molecule has 130 valence electrons. The third-order valence-corrected chi connectivity index (χ3v) is 6.01. The molecule has 2 aromatic rings. The quantitative estimate of drug-likeness (QED) is 0.827. The number of anilines is 1. The van der Waals surface area contributed by atoms with Gasteiger partial charge in [-0.15, -0.1) is 23.7 Å². The van der Waals surface area contributed by atoms with Gasteiger partial charge in [0.15, 0.2) is 4.34 Å². The Morgan fingerprint density at radius 1 is 1.33 bits per heavy atom. The summed E-state index contributed by atoms with van der Waals surface area (Å²) in [6.07, 6.45) is 1.84. The Bertz CT molecular complexity index is 699. The van der Waals surface area contributed by atoms with Crippen molar-refractivity contribution in [2.45, 2.75) is 35.9 Å².